The van der Waals surface area contributed by atoms with Gasteiger partial charge in [-0.05, 0) is 43.5 Å². The smallest absolute Gasteiger partial charge is 0.326 e. The van der Waals surface area contributed by atoms with E-state index in [-0.39, 0.29) is 5.56 Å². The van der Waals surface area contributed by atoms with Crippen molar-refractivity contribution >= 4 is 33.9 Å². The Balaban J connectivity index is 2.14. The molecule has 0 aliphatic carbocycles. The third kappa shape index (κ3) is 3.91. The van der Waals surface area contributed by atoms with Gasteiger partial charge in [-0.2, -0.15) is 0 Å². The van der Waals surface area contributed by atoms with Crippen LogP contribution in [0.3, 0.4) is 0 Å². The highest BCUT2D eigenvalue weighted by molar-refractivity contribution is 9.10. The van der Waals surface area contributed by atoms with Gasteiger partial charge >= 0.3 is 5.97 Å². The SMILES string of the molecule is O=C(O)[C@H]1CCCCN1C(=O)C=Cc1cc(Br)ccc1F. The zero-order valence-electron chi connectivity index (χ0n) is 11.3. The van der Waals surface area contributed by atoms with Crippen LogP contribution in [0.2, 0.25) is 0 Å². The Morgan fingerprint density at radius 2 is 2.14 bits per heavy atom. The molecule has 1 fully saturated rings. The molecule has 0 unspecified atom stereocenters. The molecule has 1 aromatic carbocycles. The van der Waals surface area contributed by atoms with E-state index >= 15 is 0 Å². The van der Waals surface area contributed by atoms with Gasteiger partial charge in [0, 0.05) is 22.7 Å². The summed E-state index contributed by atoms with van der Waals surface area (Å²) in [5.41, 5.74) is 0.279. The summed E-state index contributed by atoms with van der Waals surface area (Å²) in [6.07, 6.45) is 4.64. The molecular formula is C15H15BrFNO3. The van der Waals surface area contributed by atoms with Gasteiger partial charge < -0.3 is 10.0 Å². The second-order valence-corrected chi connectivity index (χ2v) is 5.80. The van der Waals surface area contributed by atoms with Crippen molar-refractivity contribution < 1.29 is 19.1 Å². The highest BCUT2D eigenvalue weighted by Gasteiger charge is 2.30. The Labute approximate surface area is 130 Å². The molecule has 112 valence electrons. The van der Waals surface area contributed by atoms with Crippen molar-refractivity contribution in [2.24, 2.45) is 0 Å². The molecular weight excluding hydrogens is 341 g/mol. The molecule has 1 atom stereocenters. The van der Waals surface area contributed by atoms with Crippen molar-refractivity contribution in [1.29, 1.82) is 0 Å². The van der Waals surface area contributed by atoms with Crippen LogP contribution < -0.4 is 0 Å². The number of aliphatic carboxylic acids is 1. The first-order chi connectivity index (χ1) is 9.99. The second-order valence-electron chi connectivity index (χ2n) is 4.88. The van der Waals surface area contributed by atoms with E-state index in [1.807, 2.05) is 0 Å². The topological polar surface area (TPSA) is 57.6 Å². The van der Waals surface area contributed by atoms with Crippen molar-refractivity contribution in [1.82, 2.24) is 4.90 Å². The van der Waals surface area contributed by atoms with Gasteiger partial charge in [0.25, 0.3) is 0 Å². The summed E-state index contributed by atoms with van der Waals surface area (Å²) in [5, 5.41) is 9.14. The lowest BCUT2D eigenvalue weighted by Gasteiger charge is -2.32. The number of piperidine rings is 1. The summed E-state index contributed by atoms with van der Waals surface area (Å²) in [5.74, 6) is -1.83. The molecule has 2 rings (SSSR count). The zero-order valence-corrected chi connectivity index (χ0v) is 12.8. The van der Waals surface area contributed by atoms with E-state index < -0.39 is 23.7 Å². The first-order valence-corrected chi connectivity index (χ1v) is 7.45. The molecule has 4 nitrogen and oxygen atoms in total. The van der Waals surface area contributed by atoms with Gasteiger partial charge in [-0.25, -0.2) is 9.18 Å². The van der Waals surface area contributed by atoms with Crippen LogP contribution in [-0.4, -0.2) is 34.5 Å². The number of carboxylic acids is 1. The summed E-state index contributed by atoms with van der Waals surface area (Å²) in [6, 6.07) is 3.64. The van der Waals surface area contributed by atoms with Gasteiger partial charge in [0.05, 0.1) is 0 Å². The molecule has 1 saturated heterocycles. The maximum Gasteiger partial charge on any atom is 0.326 e. The number of rotatable bonds is 3. The first-order valence-electron chi connectivity index (χ1n) is 6.65. The van der Waals surface area contributed by atoms with Crippen LogP contribution in [0.15, 0.2) is 28.7 Å². The Kier molecular flexibility index (Phi) is 5.12. The number of carbonyl (C=O) groups excluding carboxylic acids is 1. The molecule has 1 amide bonds. The van der Waals surface area contributed by atoms with Crippen LogP contribution in [-0.2, 0) is 9.59 Å². The largest absolute Gasteiger partial charge is 0.480 e. The second kappa shape index (κ2) is 6.85. The number of amides is 1. The maximum absolute atomic E-state index is 13.6. The van der Waals surface area contributed by atoms with Crippen LogP contribution in [0.1, 0.15) is 24.8 Å². The highest BCUT2D eigenvalue weighted by atomic mass is 79.9. The van der Waals surface area contributed by atoms with Gasteiger partial charge in [-0.1, -0.05) is 15.9 Å². The summed E-state index contributed by atoms with van der Waals surface area (Å²) >= 11 is 3.23. The highest BCUT2D eigenvalue weighted by Crippen LogP contribution is 2.19. The number of carboxylic acid groups (broad SMARTS) is 1. The van der Waals surface area contributed by atoms with Crippen LogP contribution in [0.5, 0.6) is 0 Å². The molecule has 1 N–H and O–H groups in total. The van der Waals surface area contributed by atoms with Crippen LogP contribution in [0.4, 0.5) is 4.39 Å². The molecule has 0 bridgehead atoms. The molecule has 1 aromatic rings. The summed E-state index contributed by atoms with van der Waals surface area (Å²) in [4.78, 5) is 24.6. The van der Waals surface area contributed by atoms with E-state index in [1.54, 1.807) is 12.1 Å². The fraction of sp³-hybridized carbons (Fsp3) is 0.333. The van der Waals surface area contributed by atoms with Crippen LogP contribution in [0.25, 0.3) is 6.08 Å². The quantitative estimate of drug-likeness (QED) is 0.847. The van der Waals surface area contributed by atoms with E-state index in [0.29, 0.717) is 17.4 Å². The van der Waals surface area contributed by atoms with Gasteiger partial charge in [0.2, 0.25) is 5.91 Å². The number of carbonyl (C=O) groups is 2. The minimum atomic E-state index is -0.995. The summed E-state index contributed by atoms with van der Waals surface area (Å²) in [7, 11) is 0. The normalized spacial score (nSPS) is 19.0. The third-order valence-electron chi connectivity index (χ3n) is 3.43. The van der Waals surface area contributed by atoms with Crippen molar-refractivity contribution in [3.8, 4) is 0 Å². The van der Waals surface area contributed by atoms with E-state index in [0.717, 1.165) is 12.8 Å². The fourth-order valence-corrected chi connectivity index (χ4v) is 2.73. The Bertz CT molecular complexity index is 588. The predicted octanol–water partition coefficient (Wildman–Crippen LogP) is 3.07. The van der Waals surface area contributed by atoms with Gasteiger partial charge in [-0.3, -0.25) is 4.79 Å². The van der Waals surface area contributed by atoms with Crippen LogP contribution in [0, 0.1) is 5.82 Å². The molecule has 21 heavy (non-hydrogen) atoms. The standard InChI is InChI=1S/C15H15BrFNO3/c16-11-5-6-12(17)10(9-11)4-7-14(19)18-8-2-1-3-13(18)15(20)21/h4-7,9,13H,1-3,8H2,(H,20,21)/t13-/m1/s1. The number of likely N-dealkylation sites (tertiary alicyclic amines) is 1. The average Bonchev–Trinajstić information content (AvgIpc) is 2.47. The molecule has 1 heterocycles. The molecule has 1 aliphatic heterocycles. The molecule has 6 heteroatoms. The van der Waals surface area contributed by atoms with Crippen molar-refractivity contribution in [2.75, 3.05) is 6.54 Å². The van der Waals surface area contributed by atoms with Crippen LogP contribution >= 0.6 is 15.9 Å². The molecule has 0 saturated carbocycles. The lowest BCUT2D eigenvalue weighted by molar-refractivity contribution is -0.150. The minimum Gasteiger partial charge on any atom is -0.480 e. The number of hydrogen-bond donors (Lipinski definition) is 1. The summed E-state index contributed by atoms with van der Waals surface area (Å²) in [6.45, 7) is 0.418. The van der Waals surface area contributed by atoms with Gasteiger partial charge in [-0.15, -0.1) is 0 Å². The number of nitrogens with zero attached hydrogens (tertiary/aromatic N) is 1. The molecule has 1 aliphatic rings. The van der Waals surface area contributed by atoms with E-state index in [2.05, 4.69) is 15.9 Å². The Morgan fingerprint density at radius 1 is 1.38 bits per heavy atom. The van der Waals surface area contributed by atoms with E-state index in [9.17, 15) is 14.0 Å². The molecule has 0 radical (unpaired) electrons. The molecule has 0 spiro atoms. The lowest BCUT2D eigenvalue weighted by atomic mass is 10.0. The maximum atomic E-state index is 13.6. The number of benzene rings is 1. The predicted molar refractivity (Wildman–Crippen MR) is 80.1 cm³/mol. The van der Waals surface area contributed by atoms with Crippen molar-refractivity contribution in [2.45, 2.75) is 25.3 Å². The minimum absolute atomic E-state index is 0.279. The Hall–Kier alpha value is -1.69. The Morgan fingerprint density at radius 3 is 2.86 bits per heavy atom. The lowest BCUT2D eigenvalue weighted by Crippen LogP contribution is -2.47. The van der Waals surface area contributed by atoms with Gasteiger partial charge in [0.15, 0.2) is 0 Å². The fourth-order valence-electron chi connectivity index (χ4n) is 2.35. The monoisotopic (exact) mass is 355 g/mol. The summed E-state index contributed by atoms with van der Waals surface area (Å²) < 4.78 is 14.3. The first kappa shape index (κ1) is 15.7. The molecule has 0 aromatic heterocycles. The van der Waals surface area contributed by atoms with E-state index in [1.165, 1.54) is 23.1 Å². The third-order valence-corrected chi connectivity index (χ3v) is 3.93. The van der Waals surface area contributed by atoms with Crippen molar-refractivity contribution in [3.05, 3.63) is 40.1 Å². The van der Waals surface area contributed by atoms with Gasteiger partial charge in [0.1, 0.15) is 11.9 Å². The zero-order chi connectivity index (χ0) is 15.4. The number of halogens is 2. The average molecular weight is 356 g/mol. The number of hydrogen-bond acceptors (Lipinski definition) is 2. The van der Waals surface area contributed by atoms with Crippen molar-refractivity contribution in [3.63, 3.8) is 0 Å². The van der Waals surface area contributed by atoms with E-state index in [4.69, 9.17) is 5.11 Å².